The highest BCUT2D eigenvalue weighted by Gasteiger charge is 2.11. The maximum atomic E-state index is 5.25. The van der Waals surface area contributed by atoms with E-state index < -0.39 is 0 Å². The molecule has 0 N–H and O–H groups in total. The van der Waals surface area contributed by atoms with Crippen LogP contribution in [0.25, 0.3) is 0 Å². The molecule has 1 atom stereocenters. The first-order chi connectivity index (χ1) is 11.8. The zero-order valence-corrected chi connectivity index (χ0v) is 15.6. The average Bonchev–Trinajstić information content (AvgIpc) is 3.15. The summed E-state index contributed by atoms with van der Waals surface area (Å²) in [6.45, 7) is 0. The van der Waals surface area contributed by atoms with Crippen LogP contribution >= 0.6 is 34.9 Å². The second-order valence-corrected chi connectivity index (χ2v) is 8.10. The maximum absolute atomic E-state index is 5.25. The van der Waals surface area contributed by atoms with Crippen molar-refractivity contribution in [2.24, 2.45) is 0 Å². The summed E-state index contributed by atoms with van der Waals surface area (Å²) in [6, 6.07) is 22.6. The topological polar surface area (TPSA) is 9.23 Å². The molecule has 120 valence electrons. The smallest absolute Gasteiger partial charge is 0.118 e. The molecule has 0 amide bonds. The minimum atomic E-state index is 0.103. The molecule has 0 saturated heterocycles. The molecule has 1 nitrogen and oxygen atoms in total. The van der Waals surface area contributed by atoms with E-state index in [2.05, 4.69) is 53.0 Å². The third kappa shape index (κ3) is 4.85. The van der Waals surface area contributed by atoms with Gasteiger partial charge in [-0.3, -0.25) is 0 Å². The summed E-state index contributed by atoms with van der Waals surface area (Å²) < 4.78 is 6.52. The summed E-state index contributed by atoms with van der Waals surface area (Å²) in [4.78, 5) is 1.17. The Balaban J connectivity index is 1.79. The van der Waals surface area contributed by atoms with Crippen LogP contribution in [0.3, 0.4) is 0 Å². The lowest BCUT2D eigenvalue weighted by atomic mass is 10.1. The molecule has 0 fully saturated rings. The predicted octanol–water partition coefficient (Wildman–Crippen LogP) is 6.34. The summed E-state index contributed by atoms with van der Waals surface area (Å²) in [6.07, 6.45) is 0. The van der Waals surface area contributed by atoms with Gasteiger partial charge in [0.05, 0.1) is 16.6 Å². The number of rotatable bonds is 5. The molecule has 3 rings (SSSR count). The Bertz CT molecular complexity index is 800. The van der Waals surface area contributed by atoms with E-state index in [9.17, 15) is 0 Å². The molecular formula is C20H16OS3. The first-order valence-electron chi connectivity index (χ1n) is 7.42. The number of hydrogen-bond donors (Lipinski definition) is 0. The molecule has 4 heteroatoms. The quantitative estimate of drug-likeness (QED) is 0.384. The van der Waals surface area contributed by atoms with E-state index in [0.29, 0.717) is 0 Å². The third-order valence-corrected chi connectivity index (χ3v) is 6.21. The minimum absolute atomic E-state index is 0.103. The standard InChI is InChI=1S/C20H16OS3/c1-21-17-11-9-16(10-12-17)19(24-20-8-5-14-23-20)13-15-22-18-6-3-2-4-7-18/h2-12,14,19H,1H3. The van der Waals surface area contributed by atoms with E-state index in [4.69, 9.17) is 4.74 Å². The maximum Gasteiger partial charge on any atom is 0.118 e. The Morgan fingerprint density at radius 1 is 0.958 bits per heavy atom. The van der Waals surface area contributed by atoms with Gasteiger partial charge in [0, 0.05) is 4.90 Å². The van der Waals surface area contributed by atoms with Gasteiger partial charge >= 0.3 is 0 Å². The molecular weight excluding hydrogens is 352 g/mol. The number of thioether (sulfide) groups is 2. The Morgan fingerprint density at radius 3 is 2.42 bits per heavy atom. The monoisotopic (exact) mass is 368 g/mol. The summed E-state index contributed by atoms with van der Waals surface area (Å²) in [5, 5.41) is 5.46. The number of thiophene rings is 1. The summed E-state index contributed by atoms with van der Waals surface area (Å²) in [5.41, 5.74) is 1.19. The van der Waals surface area contributed by atoms with Gasteiger partial charge in [0.2, 0.25) is 0 Å². The molecule has 0 aliphatic rings. The number of hydrogen-bond acceptors (Lipinski definition) is 4. The molecule has 1 aromatic heterocycles. The number of methoxy groups -OCH3 is 1. The Kier molecular flexibility index (Phi) is 6.31. The zero-order valence-electron chi connectivity index (χ0n) is 13.1. The fourth-order valence-electron chi connectivity index (χ4n) is 2.04. The van der Waals surface area contributed by atoms with Crippen LogP contribution in [0.5, 0.6) is 5.75 Å². The zero-order chi connectivity index (χ0) is 16.6. The van der Waals surface area contributed by atoms with Gasteiger partial charge in [-0.15, -0.1) is 11.3 Å². The lowest BCUT2D eigenvalue weighted by Gasteiger charge is -2.10. The molecule has 0 aliphatic carbocycles. The number of ether oxygens (including phenoxy) is 1. The van der Waals surface area contributed by atoms with Crippen LogP contribution in [-0.2, 0) is 0 Å². The second-order valence-electron chi connectivity index (χ2n) is 4.86. The van der Waals surface area contributed by atoms with Crippen LogP contribution in [-0.4, -0.2) is 7.11 Å². The lowest BCUT2D eigenvalue weighted by molar-refractivity contribution is 0.414. The van der Waals surface area contributed by atoms with E-state index in [-0.39, 0.29) is 5.25 Å². The van der Waals surface area contributed by atoms with E-state index in [1.807, 2.05) is 30.3 Å². The van der Waals surface area contributed by atoms with Crippen LogP contribution in [0.1, 0.15) is 10.8 Å². The van der Waals surface area contributed by atoms with Gasteiger partial charge in [0.25, 0.3) is 0 Å². The van der Waals surface area contributed by atoms with Gasteiger partial charge in [-0.2, -0.15) is 0 Å². The summed E-state index contributed by atoms with van der Waals surface area (Å²) in [5.74, 6) is 4.27. The summed E-state index contributed by atoms with van der Waals surface area (Å²) >= 11 is 5.10. The fourth-order valence-corrected chi connectivity index (χ4v) is 4.63. The van der Waals surface area contributed by atoms with Crippen LogP contribution in [0.2, 0.25) is 0 Å². The van der Waals surface area contributed by atoms with Gasteiger partial charge < -0.3 is 4.74 Å². The SMILES string of the molecule is COc1ccc(C(C#CSc2ccccc2)Sc2cccs2)cc1. The first-order valence-corrected chi connectivity index (χ1v) is 9.99. The van der Waals surface area contributed by atoms with E-state index in [1.54, 1.807) is 42.0 Å². The Labute approximate surface area is 155 Å². The molecule has 24 heavy (non-hydrogen) atoms. The first kappa shape index (κ1) is 17.0. The van der Waals surface area contributed by atoms with E-state index in [1.165, 1.54) is 14.7 Å². The van der Waals surface area contributed by atoms with Gasteiger partial charge in [0.15, 0.2) is 0 Å². The highest BCUT2D eigenvalue weighted by molar-refractivity contribution is 8.04. The van der Waals surface area contributed by atoms with Crippen molar-refractivity contribution in [3.63, 3.8) is 0 Å². The van der Waals surface area contributed by atoms with Crippen molar-refractivity contribution in [1.82, 2.24) is 0 Å². The molecule has 0 aliphatic heterocycles. The average molecular weight is 369 g/mol. The normalized spacial score (nSPS) is 11.4. The van der Waals surface area contributed by atoms with Crippen molar-refractivity contribution >= 4 is 34.9 Å². The molecule has 1 unspecified atom stereocenters. The lowest BCUT2D eigenvalue weighted by Crippen LogP contribution is -1.91. The van der Waals surface area contributed by atoms with Crippen LogP contribution < -0.4 is 4.74 Å². The fraction of sp³-hybridized carbons (Fsp3) is 0.100. The molecule has 0 spiro atoms. The molecule has 1 heterocycles. The van der Waals surface area contributed by atoms with Crippen molar-refractivity contribution in [3.8, 4) is 16.9 Å². The second kappa shape index (κ2) is 8.89. The Hall–Kier alpha value is -1.80. The molecule has 3 aromatic rings. The summed E-state index contributed by atoms with van der Waals surface area (Å²) in [7, 11) is 1.68. The van der Waals surface area contributed by atoms with Gasteiger partial charge in [-0.25, -0.2) is 0 Å². The Morgan fingerprint density at radius 2 is 1.75 bits per heavy atom. The van der Waals surface area contributed by atoms with Crippen LogP contribution in [0.4, 0.5) is 0 Å². The van der Waals surface area contributed by atoms with Crippen molar-refractivity contribution < 1.29 is 4.74 Å². The number of benzene rings is 2. The molecule has 0 radical (unpaired) electrons. The third-order valence-electron chi connectivity index (χ3n) is 3.25. The van der Waals surface area contributed by atoms with E-state index in [0.717, 1.165) is 5.75 Å². The molecule has 2 aromatic carbocycles. The highest BCUT2D eigenvalue weighted by Crippen LogP contribution is 2.38. The van der Waals surface area contributed by atoms with Crippen LogP contribution in [0, 0.1) is 11.2 Å². The van der Waals surface area contributed by atoms with Crippen molar-refractivity contribution in [1.29, 1.82) is 0 Å². The van der Waals surface area contributed by atoms with E-state index >= 15 is 0 Å². The van der Waals surface area contributed by atoms with Gasteiger partial charge in [-0.1, -0.05) is 54.1 Å². The predicted molar refractivity (Wildman–Crippen MR) is 106 cm³/mol. The van der Waals surface area contributed by atoms with Crippen molar-refractivity contribution in [2.45, 2.75) is 14.4 Å². The van der Waals surface area contributed by atoms with Crippen molar-refractivity contribution in [2.75, 3.05) is 7.11 Å². The molecule has 0 bridgehead atoms. The van der Waals surface area contributed by atoms with Crippen LogP contribution in [0.15, 0.2) is 81.2 Å². The molecule has 0 saturated carbocycles. The van der Waals surface area contributed by atoms with Gasteiger partial charge in [-0.05, 0) is 58.3 Å². The largest absolute Gasteiger partial charge is 0.497 e. The van der Waals surface area contributed by atoms with Gasteiger partial charge in [0.1, 0.15) is 5.75 Å². The minimum Gasteiger partial charge on any atom is -0.497 e. The highest BCUT2D eigenvalue weighted by atomic mass is 32.2. The van der Waals surface area contributed by atoms with Crippen molar-refractivity contribution in [3.05, 3.63) is 77.7 Å².